The number of nitrogens with zero attached hydrogens (tertiary/aromatic N) is 2. The van der Waals surface area contributed by atoms with Gasteiger partial charge in [-0.05, 0) is 37.0 Å². The Morgan fingerprint density at radius 3 is 2.72 bits per heavy atom. The van der Waals surface area contributed by atoms with E-state index in [1.165, 1.54) is 25.7 Å². The van der Waals surface area contributed by atoms with Gasteiger partial charge in [0.05, 0.1) is 6.61 Å². The molecule has 100 valence electrons. The van der Waals surface area contributed by atoms with Crippen molar-refractivity contribution in [1.29, 1.82) is 0 Å². The van der Waals surface area contributed by atoms with Crippen molar-refractivity contribution in [1.82, 2.24) is 4.98 Å². The Morgan fingerprint density at radius 2 is 2.17 bits per heavy atom. The van der Waals surface area contributed by atoms with E-state index in [0.29, 0.717) is 19.1 Å². The van der Waals surface area contributed by atoms with Crippen LogP contribution in [0.5, 0.6) is 0 Å². The van der Waals surface area contributed by atoms with E-state index in [4.69, 9.17) is 5.73 Å². The molecule has 0 aromatic carbocycles. The minimum atomic E-state index is 0.177. The molecule has 1 aromatic heterocycles. The molecule has 0 unspecified atom stereocenters. The van der Waals surface area contributed by atoms with Crippen LogP contribution in [0.2, 0.25) is 0 Å². The molecular weight excluding hydrogens is 226 g/mol. The largest absolute Gasteiger partial charge is 0.395 e. The van der Waals surface area contributed by atoms with Gasteiger partial charge >= 0.3 is 0 Å². The van der Waals surface area contributed by atoms with Crippen LogP contribution in [-0.2, 0) is 6.54 Å². The van der Waals surface area contributed by atoms with Gasteiger partial charge in [0, 0.05) is 25.3 Å². The van der Waals surface area contributed by atoms with Gasteiger partial charge in [-0.25, -0.2) is 4.98 Å². The highest BCUT2D eigenvalue weighted by Crippen LogP contribution is 2.28. The Hall–Kier alpha value is -1.13. The lowest BCUT2D eigenvalue weighted by Crippen LogP contribution is -2.36. The second-order valence-electron chi connectivity index (χ2n) is 5.04. The van der Waals surface area contributed by atoms with Crippen molar-refractivity contribution < 1.29 is 5.11 Å². The minimum absolute atomic E-state index is 0.177. The molecule has 0 bridgehead atoms. The van der Waals surface area contributed by atoms with Gasteiger partial charge < -0.3 is 15.7 Å². The number of nitrogens with two attached hydrogens (primary N) is 1. The standard InChI is InChI=1S/C14H23N3O/c1-11-8-12(9-15)10-16-14(11)17(6-7-18)13-4-2-3-5-13/h8,10,13,18H,2-7,9,15H2,1H3. The smallest absolute Gasteiger partial charge is 0.131 e. The third-order valence-electron chi connectivity index (χ3n) is 3.72. The molecule has 0 spiro atoms. The third-order valence-corrected chi connectivity index (χ3v) is 3.72. The lowest BCUT2D eigenvalue weighted by Gasteiger charge is -2.30. The van der Waals surface area contributed by atoms with Crippen LogP contribution < -0.4 is 10.6 Å². The van der Waals surface area contributed by atoms with Crippen molar-refractivity contribution in [2.45, 2.75) is 45.2 Å². The van der Waals surface area contributed by atoms with Crippen LogP contribution in [0.4, 0.5) is 5.82 Å². The second kappa shape index (κ2) is 6.16. The number of pyridine rings is 1. The molecule has 1 saturated carbocycles. The minimum Gasteiger partial charge on any atom is -0.395 e. The van der Waals surface area contributed by atoms with Crippen molar-refractivity contribution in [3.63, 3.8) is 0 Å². The monoisotopic (exact) mass is 249 g/mol. The molecule has 0 aliphatic heterocycles. The molecule has 1 aliphatic carbocycles. The van der Waals surface area contributed by atoms with Crippen molar-refractivity contribution >= 4 is 5.82 Å². The van der Waals surface area contributed by atoms with E-state index in [-0.39, 0.29) is 6.61 Å². The first-order valence-electron chi connectivity index (χ1n) is 6.79. The summed E-state index contributed by atoms with van der Waals surface area (Å²) in [6.45, 7) is 3.44. The quantitative estimate of drug-likeness (QED) is 0.832. The molecule has 1 aliphatic rings. The highest BCUT2D eigenvalue weighted by atomic mass is 16.3. The maximum atomic E-state index is 9.26. The summed E-state index contributed by atoms with van der Waals surface area (Å²) in [5.74, 6) is 1.01. The van der Waals surface area contributed by atoms with Gasteiger partial charge in [-0.15, -0.1) is 0 Å². The van der Waals surface area contributed by atoms with Crippen molar-refractivity contribution in [3.8, 4) is 0 Å². The Kier molecular flexibility index (Phi) is 4.55. The fourth-order valence-electron chi connectivity index (χ4n) is 2.82. The van der Waals surface area contributed by atoms with Gasteiger partial charge in [-0.3, -0.25) is 0 Å². The molecule has 0 radical (unpaired) electrons. The van der Waals surface area contributed by atoms with Crippen LogP contribution in [0.3, 0.4) is 0 Å². The maximum absolute atomic E-state index is 9.26. The molecule has 0 amide bonds. The van der Waals surface area contributed by atoms with Gasteiger partial charge in [-0.1, -0.05) is 12.8 Å². The van der Waals surface area contributed by atoms with Crippen LogP contribution in [0.25, 0.3) is 0 Å². The predicted molar refractivity (Wildman–Crippen MR) is 73.6 cm³/mol. The number of hydrogen-bond acceptors (Lipinski definition) is 4. The number of anilines is 1. The van der Waals surface area contributed by atoms with Crippen LogP contribution in [-0.4, -0.2) is 29.3 Å². The number of aromatic nitrogens is 1. The summed E-state index contributed by atoms with van der Waals surface area (Å²) in [4.78, 5) is 6.81. The van der Waals surface area contributed by atoms with E-state index in [9.17, 15) is 5.11 Å². The molecule has 0 saturated heterocycles. The number of aryl methyl sites for hydroxylation is 1. The zero-order valence-corrected chi connectivity index (χ0v) is 11.1. The molecule has 1 fully saturated rings. The number of hydrogen-bond donors (Lipinski definition) is 2. The van der Waals surface area contributed by atoms with Crippen molar-refractivity contribution in [2.75, 3.05) is 18.1 Å². The molecule has 4 nitrogen and oxygen atoms in total. The van der Waals surface area contributed by atoms with Crippen LogP contribution in [0.15, 0.2) is 12.3 Å². The average Bonchev–Trinajstić information content (AvgIpc) is 2.90. The molecule has 3 N–H and O–H groups in total. The number of aliphatic hydroxyl groups excluding tert-OH is 1. The Morgan fingerprint density at radius 1 is 1.44 bits per heavy atom. The van der Waals surface area contributed by atoms with Crippen molar-refractivity contribution in [3.05, 3.63) is 23.4 Å². The fraction of sp³-hybridized carbons (Fsp3) is 0.643. The topological polar surface area (TPSA) is 62.4 Å². The van der Waals surface area contributed by atoms with Gasteiger partial charge in [0.25, 0.3) is 0 Å². The summed E-state index contributed by atoms with van der Waals surface area (Å²) in [5.41, 5.74) is 7.84. The molecule has 1 aromatic rings. The lowest BCUT2D eigenvalue weighted by molar-refractivity contribution is 0.296. The number of aliphatic hydroxyl groups is 1. The van der Waals surface area contributed by atoms with E-state index in [0.717, 1.165) is 16.9 Å². The summed E-state index contributed by atoms with van der Waals surface area (Å²) in [6.07, 6.45) is 6.83. The number of rotatable bonds is 5. The molecule has 2 rings (SSSR count). The zero-order chi connectivity index (χ0) is 13.0. The van der Waals surface area contributed by atoms with E-state index < -0.39 is 0 Å². The normalized spacial score (nSPS) is 16.2. The van der Waals surface area contributed by atoms with E-state index in [1.54, 1.807) is 0 Å². The van der Waals surface area contributed by atoms with Crippen LogP contribution in [0.1, 0.15) is 36.8 Å². The SMILES string of the molecule is Cc1cc(CN)cnc1N(CCO)C1CCCC1. The first-order valence-corrected chi connectivity index (χ1v) is 6.79. The van der Waals surface area contributed by atoms with Crippen LogP contribution >= 0.6 is 0 Å². The third kappa shape index (κ3) is 2.82. The van der Waals surface area contributed by atoms with Crippen molar-refractivity contribution in [2.24, 2.45) is 5.73 Å². The highest BCUT2D eigenvalue weighted by Gasteiger charge is 2.24. The molecule has 0 atom stereocenters. The zero-order valence-electron chi connectivity index (χ0n) is 11.1. The molecule has 4 heteroatoms. The highest BCUT2D eigenvalue weighted by molar-refractivity contribution is 5.48. The molecule has 1 heterocycles. The predicted octanol–water partition coefficient (Wildman–Crippen LogP) is 1.59. The van der Waals surface area contributed by atoms with Gasteiger partial charge in [0.2, 0.25) is 0 Å². The summed E-state index contributed by atoms with van der Waals surface area (Å²) < 4.78 is 0. The van der Waals surface area contributed by atoms with Crippen LogP contribution in [0, 0.1) is 6.92 Å². The summed E-state index contributed by atoms with van der Waals surface area (Å²) in [6, 6.07) is 2.63. The molecule has 18 heavy (non-hydrogen) atoms. The Labute approximate surface area is 109 Å². The summed E-state index contributed by atoms with van der Waals surface area (Å²) in [7, 11) is 0. The first kappa shape index (κ1) is 13.3. The fourth-order valence-corrected chi connectivity index (χ4v) is 2.82. The van der Waals surface area contributed by atoms with E-state index in [2.05, 4.69) is 22.9 Å². The summed E-state index contributed by atoms with van der Waals surface area (Å²) >= 11 is 0. The van der Waals surface area contributed by atoms with Gasteiger partial charge in [-0.2, -0.15) is 0 Å². The van der Waals surface area contributed by atoms with E-state index in [1.807, 2.05) is 6.20 Å². The van der Waals surface area contributed by atoms with E-state index >= 15 is 0 Å². The van der Waals surface area contributed by atoms with Gasteiger partial charge in [0.15, 0.2) is 0 Å². The lowest BCUT2D eigenvalue weighted by atomic mass is 10.1. The second-order valence-corrected chi connectivity index (χ2v) is 5.04. The Balaban J connectivity index is 2.23. The maximum Gasteiger partial charge on any atom is 0.131 e. The summed E-state index contributed by atoms with van der Waals surface area (Å²) in [5, 5.41) is 9.26. The molecular formula is C14H23N3O. The average molecular weight is 249 g/mol. The van der Waals surface area contributed by atoms with Gasteiger partial charge in [0.1, 0.15) is 5.82 Å². The Bertz CT molecular complexity index is 389. The first-order chi connectivity index (χ1) is 8.76.